The number of hydrogen-bond acceptors (Lipinski definition) is 3. The van der Waals surface area contributed by atoms with Crippen molar-refractivity contribution in [2.24, 2.45) is 11.1 Å². The molecule has 2 aromatic carbocycles. The number of primary sulfonamides is 1. The zero-order chi connectivity index (χ0) is 22.9. The molecule has 0 bridgehead atoms. The average Bonchev–Trinajstić information content (AvgIpc) is 3.17. The smallest absolute Gasteiger partial charge is 0.311 e. The van der Waals surface area contributed by atoms with E-state index in [1.165, 1.54) is 0 Å². The van der Waals surface area contributed by atoms with Crippen molar-refractivity contribution < 1.29 is 30.8 Å². The maximum atomic E-state index is 14.3. The molecule has 0 aromatic heterocycles. The van der Waals surface area contributed by atoms with Crippen LogP contribution >= 0.6 is 15.9 Å². The number of sulfonamides is 1. The number of benzene rings is 2. The van der Waals surface area contributed by atoms with E-state index in [1.54, 1.807) is 0 Å². The number of carbonyl (C=O) groups is 1. The Labute approximate surface area is 184 Å². The minimum absolute atomic E-state index is 0.248. The lowest BCUT2D eigenvalue weighted by Crippen LogP contribution is -2.38. The Hall–Kier alpha value is -1.98. The molecule has 1 heterocycles. The molecule has 0 unspecified atom stereocenters. The van der Waals surface area contributed by atoms with Crippen LogP contribution in [0.5, 0.6) is 0 Å². The molecular weight excluding hydrogens is 504 g/mol. The predicted octanol–water partition coefficient (Wildman–Crippen LogP) is 4.20. The molecule has 1 amide bonds. The van der Waals surface area contributed by atoms with Crippen LogP contribution in [0.4, 0.5) is 23.2 Å². The summed E-state index contributed by atoms with van der Waals surface area (Å²) < 4.78 is 79.5. The van der Waals surface area contributed by atoms with Crippen molar-refractivity contribution >= 4 is 37.5 Å². The maximum absolute atomic E-state index is 14.3. The topological polar surface area (TPSA) is 80.5 Å². The lowest BCUT2D eigenvalue weighted by Gasteiger charge is -2.25. The average molecular weight is 521 g/mol. The minimum Gasteiger partial charge on any atom is -0.311 e. The van der Waals surface area contributed by atoms with Crippen LogP contribution in [0.2, 0.25) is 0 Å². The summed E-state index contributed by atoms with van der Waals surface area (Å²) in [5, 5.41) is 5.01. The molecule has 1 aliphatic carbocycles. The fourth-order valence-electron chi connectivity index (χ4n) is 4.48. The first-order valence-corrected chi connectivity index (χ1v) is 11.7. The van der Waals surface area contributed by atoms with E-state index in [-0.39, 0.29) is 11.6 Å². The van der Waals surface area contributed by atoms with Gasteiger partial charge in [-0.15, -0.1) is 0 Å². The summed E-state index contributed by atoms with van der Waals surface area (Å²) in [6, 6.07) is 6.80. The number of rotatable bonds is 2. The van der Waals surface area contributed by atoms with Gasteiger partial charge in [0, 0.05) is 22.6 Å². The molecule has 0 saturated carbocycles. The Bertz CT molecular complexity index is 1200. The number of nitrogens with two attached hydrogens (primary N) is 1. The highest BCUT2D eigenvalue weighted by atomic mass is 79.9. The molecule has 4 rings (SSSR count). The third kappa shape index (κ3) is 3.76. The largest absolute Gasteiger partial charge is 0.397 e. The van der Waals surface area contributed by atoms with E-state index >= 15 is 0 Å². The molecule has 11 heteroatoms. The second-order valence-corrected chi connectivity index (χ2v) is 10.3. The van der Waals surface area contributed by atoms with Crippen molar-refractivity contribution in [3.8, 4) is 0 Å². The van der Waals surface area contributed by atoms with Gasteiger partial charge in [0.2, 0.25) is 15.9 Å². The first-order valence-electron chi connectivity index (χ1n) is 9.31. The van der Waals surface area contributed by atoms with Gasteiger partial charge < -0.3 is 4.90 Å². The summed E-state index contributed by atoms with van der Waals surface area (Å²) >= 11 is 3.37. The molecule has 166 valence electrons. The third-order valence-electron chi connectivity index (χ3n) is 6.04. The number of carbonyl (C=O) groups excluding carboxylic acids is 1. The summed E-state index contributed by atoms with van der Waals surface area (Å²) in [6.07, 6.45) is -4.41. The molecule has 0 spiro atoms. The van der Waals surface area contributed by atoms with Gasteiger partial charge in [-0.05, 0) is 53.3 Å². The molecule has 0 radical (unpaired) electrons. The molecule has 2 N–H and O–H groups in total. The highest BCUT2D eigenvalue weighted by Crippen LogP contribution is 2.48. The van der Waals surface area contributed by atoms with Crippen molar-refractivity contribution in [2.75, 3.05) is 11.4 Å². The minimum atomic E-state index is -4.74. The highest BCUT2D eigenvalue weighted by molar-refractivity contribution is 9.10. The van der Waals surface area contributed by atoms with Crippen LogP contribution in [0, 0.1) is 11.7 Å². The molecule has 5 nitrogen and oxygen atoms in total. The molecular formula is C20H17BrF4N2O3S. The van der Waals surface area contributed by atoms with Gasteiger partial charge >= 0.3 is 6.18 Å². The lowest BCUT2D eigenvalue weighted by molar-refractivity contribution is -0.147. The van der Waals surface area contributed by atoms with Gasteiger partial charge in [-0.2, -0.15) is 13.2 Å². The van der Waals surface area contributed by atoms with E-state index in [0.29, 0.717) is 12.5 Å². The first kappa shape index (κ1) is 22.2. The second-order valence-electron chi connectivity index (χ2n) is 7.87. The van der Waals surface area contributed by atoms with Gasteiger partial charge in [-0.3, -0.25) is 4.79 Å². The van der Waals surface area contributed by atoms with E-state index < -0.39 is 56.8 Å². The molecule has 1 aliphatic heterocycles. The Morgan fingerprint density at radius 1 is 1.19 bits per heavy atom. The molecule has 3 atom stereocenters. The number of fused-ring (bicyclic) bond motifs is 2. The second kappa shape index (κ2) is 7.28. The Balaban J connectivity index is 1.78. The number of amides is 1. The van der Waals surface area contributed by atoms with Crippen molar-refractivity contribution in [1.29, 1.82) is 0 Å². The van der Waals surface area contributed by atoms with Gasteiger partial charge in [-0.25, -0.2) is 17.9 Å². The molecule has 2 aliphatic rings. The SMILES string of the molecule is C[C@H]1c2ccc(Br)cc2C[C@@H]1C(=O)N1C[C@@H](C(F)(F)F)c2cc(F)c(S(N)(=O)=O)cc21. The first-order chi connectivity index (χ1) is 14.3. The Kier molecular flexibility index (Phi) is 5.22. The van der Waals surface area contributed by atoms with Gasteiger partial charge in [0.05, 0.1) is 5.92 Å². The molecule has 2 aromatic rings. The number of anilines is 1. The highest BCUT2D eigenvalue weighted by Gasteiger charge is 2.50. The number of halogens is 5. The van der Waals surface area contributed by atoms with Gasteiger partial charge in [-0.1, -0.05) is 28.9 Å². The summed E-state index contributed by atoms with van der Waals surface area (Å²) in [4.78, 5) is 13.3. The number of hydrogen-bond donors (Lipinski definition) is 1. The maximum Gasteiger partial charge on any atom is 0.397 e. The standard InChI is InChI=1S/C20H17BrF4N2O3S/c1-9-12-3-2-11(21)4-10(12)5-13(9)19(28)27-8-15(20(23,24)25)14-6-16(22)18(7-17(14)27)31(26,29)30/h2-4,6-7,9,13,15H,5,8H2,1H3,(H2,26,29,30)/t9-,13-,15+/m0/s1. The van der Waals surface area contributed by atoms with Crippen LogP contribution in [0.1, 0.15) is 35.4 Å². The van der Waals surface area contributed by atoms with Crippen molar-refractivity contribution in [3.63, 3.8) is 0 Å². The summed E-state index contributed by atoms with van der Waals surface area (Å²) in [5.41, 5.74) is 1.09. The van der Waals surface area contributed by atoms with Crippen LogP contribution < -0.4 is 10.0 Å². The van der Waals surface area contributed by atoms with Gasteiger partial charge in [0.25, 0.3) is 0 Å². The summed E-state index contributed by atoms with van der Waals surface area (Å²) in [5.74, 6) is -4.95. The number of nitrogens with zero attached hydrogens (tertiary/aromatic N) is 1. The van der Waals surface area contributed by atoms with Crippen molar-refractivity contribution in [2.45, 2.75) is 36.3 Å². The Morgan fingerprint density at radius 3 is 2.48 bits per heavy atom. The van der Waals surface area contributed by atoms with Crippen LogP contribution in [-0.2, 0) is 21.2 Å². The van der Waals surface area contributed by atoms with Gasteiger partial charge in [0.15, 0.2) is 0 Å². The normalized spacial score (nSPS) is 23.1. The van der Waals surface area contributed by atoms with Crippen LogP contribution in [0.3, 0.4) is 0 Å². The summed E-state index contributed by atoms with van der Waals surface area (Å²) in [7, 11) is -4.53. The van der Waals surface area contributed by atoms with E-state index in [0.717, 1.165) is 26.6 Å². The molecule has 31 heavy (non-hydrogen) atoms. The fourth-order valence-corrected chi connectivity index (χ4v) is 5.50. The van der Waals surface area contributed by atoms with Crippen molar-refractivity contribution in [1.82, 2.24) is 0 Å². The van der Waals surface area contributed by atoms with E-state index in [1.807, 2.05) is 25.1 Å². The van der Waals surface area contributed by atoms with Crippen molar-refractivity contribution in [3.05, 3.63) is 57.3 Å². The number of alkyl halides is 3. The van der Waals surface area contributed by atoms with Crippen LogP contribution in [0.25, 0.3) is 0 Å². The fraction of sp³-hybridized carbons (Fsp3) is 0.350. The van der Waals surface area contributed by atoms with E-state index in [2.05, 4.69) is 15.9 Å². The Morgan fingerprint density at radius 2 is 1.87 bits per heavy atom. The zero-order valence-electron chi connectivity index (χ0n) is 16.1. The summed E-state index contributed by atoms with van der Waals surface area (Å²) in [6.45, 7) is 1.08. The van der Waals surface area contributed by atoms with E-state index in [9.17, 15) is 30.8 Å². The molecule has 0 fully saturated rings. The van der Waals surface area contributed by atoms with Crippen LogP contribution in [-0.4, -0.2) is 27.0 Å². The predicted molar refractivity (Wildman–Crippen MR) is 109 cm³/mol. The van der Waals surface area contributed by atoms with E-state index in [4.69, 9.17) is 5.14 Å². The van der Waals surface area contributed by atoms with Gasteiger partial charge in [0.1, 0.15) is 10.7 Å². The lowest BCUT2D eigenvalue weighted by atomic mass is 9.93. The monoisotopic (exact) mass is 520 g/mol. The molecule has 0 saturated heterocycles. The quantitative estimate of drug-likeness (QED) is 0.602. The third-order valence-corrected chi connectivity index (χ3v) is 7.46. The van der Waals surface area contributed by atoms with Crippen LogP contribution in [0.15, 0.2) is 39.7 Å². The zero-order valence-corrected chi connectivity index (χ0v) is 18.5.